The van der Waals surface area contributed by atoms with Crippen LogP contribution in [0.25, 0.3) is 0 Å². The fourth-order valence-corrected chi connectivity index (χ4v) is 4.27. The van der Waals surface area contributed by atoms with Gasteiger partial charge in [-0.2, -0.15) is 5.10 Å². The van der Waals surface area contributed by atoms with E-state index in [1.807, 2.05) is 0 Å². The minimum atomic E-state index is -1.17. The van der Waals surface area contributed by atoms with Crippen molar-refractivity contribution in [3.63, 3.8) is 0 Å². The Labute approximate surface area is 139 Å². The van der Waals surface area contributed by atoms with Gasteiger partial charge in [-0.15, -0.1) is 11.3 Å². The van der Waals surface area contributed by atoms with Crippen molar-refractivity contribution < 1.29 is 9.90 Å². The molecular formula is C16H22N4O2S. The maximum Gasteiger partial charge on any atom is 0.256 e. The molecule has 0 fully saturated rings. The van der Waals surface area contributed by atoms with Crippen LogP contribution < -0.4 is 0 Å². The molecule has 23 heavy (non-hydrogen) atoms. The van der Waals surface area contributed by atoms with E-state index in [2.05, 4.69) is 17.0 Å². The lowest BCUT2D eigenvalue weighted by atomic mass is 9.96. The molecule has 0 spiro atoms. The fraction of sp³-hybridized carbons (Fsp3) is 0.562. The summed E-state index contributed by atoms with van der Waals surface area (Å²) in [6.45, 7) is 2.10. The first-order valence-corrected chi connectivity index (χ1v) is 8.74. The van der Waals surface area contributed by atoms with E-state index in [1.54, 1.807) is 41.2 Å². The van der Waals surface area contributed by atoms with E-state index in [4.69, 9.17) is 0 Å². The Morgan fingerprint density at radius 1 is 1.61 bits per heavy atom. The molecule has 0 aromatic carbocycles. The van der Waals surface area contributed by atoms with Crippen molar-refractivity contribution in [3.8, 4) is 0 Å². The van der Waals surface area contributed by atoms with E-state index in [0.717, 1.165) is 36.4 Å². The average Bonchev–Trinajstić information content (AvgIpc) is 3.18. The quantitative estimate of drug-likeness (QED) is 0.928. The van der Waals surface area contributed by atoms with E-state index in [1.165, 1.54) is 11.1 Å². The minimum absolute atomic E-state index is 0.00960. The number of hydrogen-bond acceptors (Lipinski definition) is 5. The number of aliphatic hydroxyl groups excluding tert-OH is 1. The van der Waals surface area contributed by atoms with Crippen LogP contribution in [-0.4, -0.2) is 37.7 Å². The van der Waals surface area contributed by atoms with E-state index in [0.29, 0.717) is 5.56 Å². The molecule has 7 heteroatoms. The molecule has 0 bridgehead atoms. The average molecular weight is 334 g/mol. The molecule has 124 valence electrons. The van der Waals surface area contributed by atoms with Crippen molar-refractivity contribution in [2.45, 2.75) is 44.8 Å². The van der Waals surface area contributed by atoms with Crippen molar-refractivity contribution in [3.05, 3.63) is 33.5 Å². The number of aliphatic hydroxyl groups is 1. The van der Waals surface area contributed by atoms with Crippen LogP contribution in [0, 0.1) is 0 Å². The first kappa shape index (κ1) is 16.1. The highest BCUT2D eigenvalue weighted by atomic mass is 32.1. The molecule has 2 aromatic heterocycles. The second-order valence-corrected chi connectivity index (χ2v) is 7.09. The van der Waals surface area contributed by atoms with Crippen LogP contribution in [0.15, 0.2) is 12.4 Å². The highest BCUT2D eigenvalue weighted by molar-refractivity contribution is 7.11. The molecule has 1 aliphatic rings. The number of nitrogens with zero attached hydrogens (tertiary/aromatic N) is 4. The molecule has 0 radical (unpaired) electrons. The Hall–Kier alpha value is -1.73. The van der Waals surface area contributed by atoms with Crippen molar-refractivity contribution in [2.75, 3.05) is 7.05 Å². The Kier molecular flexibility index (Phi) is 4.50. The van der Waals surface area contributed by atoms with Crippen LogP contribution in [0.5, 0.6) is 0 Å². The molecule has 1 N–H and O–H groups in total. The predicted octanol–water partition coefficient (Wildman–Crippen LogP) is 2.01. The number of fused-ring (bicyclic) bond motifs is 1. The first-order valence-electron chi connectivity index (χ1n) is 7.93. The minimum Gasteiger partial charge on any atom is -0.378 e. The molecule has 0 unspecified atom stereocenters. The van der Waals surface area contributed by atoms with Gasteiger partial charge in [0.1, 0.15) is 0 Å². The van der Waals surface area contributed by atoms with E-state index < -0.39 is 6.10 Å². The molecule has 6 nitrogen and oxygen atoms in total. The molecule has 1 aliphatic carbocycles. The number of likely N-dealkylation sites (N-methyl/N-ethyl adjacent to an activating group) is 1. The molecule has 2 heterocycles. The third kappa shape index (κ3) is 3.03. The van der Waals surface area contributed by atoms with Gasteiger partial charge in [-0.3, -0.25) is 9.48 Å². The summed E-state index contributed by atoms with van der Waals surface area (Å²) in [4.78, 5) is 20.2. The van der Waals surface area contributed by atoms with Gasteiger partial charge in [0, 0.05) is 25.9 Å². The summed E-state index contributed by atoms with van der Waals surface area (Å²) in [5.74, 6) is -0.290. The standard InChI is InChI=1S/C16H22N4O2S/c1-4-13-18-11-6-5-7-12(15(11)23-13)20(3)16(22)14(21)10-8-17-19(2)9-10/h8-9,12,14,21H,4-7H2,1-3H3/t12-,14+/m1/s1. The van der Waals surface area contributed by atoms with E-state index >= 15 is 0 Å². The highest BCUT2D eigenvalue weighted by Gasteiger charge is 2.33. The topological polar surface area (TPSA) is 71.2 Å². The van der Waals surface area contributed by atoms with Gasteiger partial charge in [0.05, 0.1) is 27.8 Å². The van der Waals surface area contributed by atoms with Gasteiger partial charge in [-0.05, 0) is 25.7 Å². The van der Waals surface area contributed by atoms with Gasteiger partial charge < -0.3 is 10.0 Å². The number of aromatic nitrogens is 3. The Morgan fingerprint density at radius 2 is 2.39 bits per heavy atom. The van der Waals surface area contributed by atoms with E-state index in [9.17, 15) is 9.90 Å². The number of carbonyl (C=O) groups is 1. The third-order valence-corrected chi connectivity index (χ3v) is 5.70. The van der Waals surface area contributed by atoms with Gasteiger partial charge in [0.25, 0.3) is 5.91 Å². The van der Waals surface area contributed by atoms with Gasteiger partial charge in [0.15, 0.2) is 6.10 Å². The largest absolute Gasteiger partial charge is 0.378 e. The number of amides is 1. The van der Waals surface area contributed by atoms with Gasteiger partial charge in [0.2, 0.25) is 0 Å². The summed E-state index contributed by atoms with van der Waals surface area (Å²) < 4.78 is 1.58. The summed E-state index contributed by atoms with van der Waals surface area (Å²) in [5.41, 5.74) is 1.65. The highest BCUT2D eigenvalue weighted by Crippen LogP contribution is 2.38. The summed E-state index contributed by atoms with van der Waals surface area (Å²) in [5, 5.41) is 15.5. The molecule has 3 rings (SSSR count). The molecule has 2 aromatic rings. The Balaban J connectivity index is 1.82. The lowest BCUT2D eigenvalue weighted by Gasteiger charge is -2.31. The second-order valence-electron chi connectivity index (χ2n) is 5.98. The molecule has 1 amide bonds. The molecule has 0 aliphatic heterocycles. The van der Waals surface area contributed by atoms with Crippen molar-refractivity contribution in [1.29, 1.82) is 0 Å². The zero-order valence-electron chi connectivity index (χ0n) is 13.7. The zero-order valence-corrected chi connectivity index (χ0v) is 14.5. The van der Waals surface area contributed by atoms with Crippen molar-refractivity contribution in [1.82, 2.24) is 19.7 Å². The monoisotopic (exact) mass is 334 g/mol. The zero-order chi connectivity index (χ0) is 16.6. The maximum absolute atomic E-state index is 12.7. The Morgan fingerprint density at radius 3 is 3.04 bits per heavy atom. The maximum atomic E-state index is 12.7. The first-order chi connectivity index (χ1) is 11.0. The molecule has 0 saturated heterocycles. The summed E-state index contributed by atoms with van der Waals surface area (Å²) >= 11 is 1.70. The fourth-order valence-electron chi connectivity index (χ4n) is 3.04. The van der Waals surface area contributed by atoms with Crippen molar-refractivity contribution in [2.24, 2.45) is 7.05 Å². The van der Waals surface area contributed by atoms with Crippen LogP contribution >= 0.6 is 11.3 Å². The lowest BCUT2D eigenvalue weighted by molar-refractivity contribution is -0.141. The SMILES string of the molecule is CCc1nc2c(s1)[C@H](N(C)C(=O)[C@@H](O)c1cnn(C)c1)CCC2. The van der Waals surface area contributed by atoms with Gasteiger partial charge >= 0.3 is 0 Å². The van der Waals surface area contributed by atoms with Crippen LogP contribution in [0.4, 0.5) is 0 Å². The van der Waals surface area contributed by atoms with Gasteiger partial charge in [-0.1, -0.05) is 6.92 Å². The smallest absolute Gasteiger partial charge is 0.256 e. The van der Waals surface area contributed by atoms with Crippen LogP contribution in [-0.2, 0) is 24.7 Å². The summed E-state index contributed by atoms with van der Waals surface area (Å²) in [6.07, 6.45) is 5.87. The number of rotatable bonds is 4. The van der Waals surface area contributed by atoms with Crippen LogP contribution in [0.2, 0.25) is 0 Å². The number of carbonyl (C=O) groups excluding carboxylic acids is 1. The van der Waals surface area contributed by atoms with E-state index in [-0.39, 0.29) is 11.9 Å². The second kappa shape index (κ2) is 6.41. The molecular weight excluding hydrogens is 312 g/mol. The molecule has 2 atom stereocenters. The molecule has 0 saturated carbocycles. The predicted molar refractivity (Wildman–Crippen MR) is 88.1 cm³/mol. The number of aryl methyl sites for hydroxylation is 3. The Bertz CT molecular complexity index is 709. The number of thiazole rings is 1. The normalized spacial score (nSPS) is 18.5. The lowest BCUT2D eigenvalue weighted by Crippen LogP contribution is -2.36. The van der Waals surface area contributed by atoms with Crippen molar-refractivity contribution >= 4 is 17.2 Å². The summed E-state index contributed by atoms with van der Waals surface area (Å²) in [6, 6.07) is 0.00960. The summed E-state index contributed by atoms with van der Waals surface area (Å²) in [7, 11) is 3.54. The number of hydrogen-bond donors (Lipinski definition) is 1. The van der Waals surface area contributed by atoms with Crippen LogP contribution in [0.3, 0.4) is 0 Å². The van der Waals surface area contributed by atoms with Gasteiger partial charge in [-0.25, -0.2) is 4.98 Å². The van der Waals surface area contributed by atoms with Crippen LogP contribution in [0.1, 0.15) is 53.1 Å². The third-order valence-electron chi connectivity index (χ3n) is 4.36.